The maximum absolute atomic E-state index is 11.9. The standard InChI is InChI=1S/C11H10Br2O4/c1-17-7-4-2-6(3-5-7)10(14)8(12)9(13)11(15)16/h2-5,8-9H,1H3,(H,15,16)/t8-,9-/m0/s1. The number of hydrogen-bond acceptors (Lipinski definition) is 3. The lowest BCUT2D eigenvalue weighted by molar-refractivity contribution is -0.136. The van der Waals surface area contributed by atoms with Gasteiger partial charge in [0.25, 0.3) is 0 Å². The van der Waals surface area contributed by atoms with Crippen molar-refractivity contribution in [2.24, 2.45) is 0 Å². The second-order valence-electron chi connectivity index (χ2n) is 3.23. The molecule has 0 spiro atoms. The number of carboxylic acids is 1. The molecule has 0 aliphatic heterocycles. The quantitative estimate of drug-likeness (QED) is 0.643. The normalized spacial score (nSPS) is 13.8. The monoisotopic (exact) mass is 364 g/mol. The Bertz CT molecular complexity index is 416. The fourth-order valence-electron chi connectivity index (χ4n) is 1.17. The minimum atomic E-state index is -1.09. The van der Waals surface area contributed by atoms with Crippen LogP contribution >= 0.6 is 31.9 Å². The van der Waals surface area contributed by atoms with E-state index >= 15 is 0 Å². The van der Waals surface area contributed by atoms with E-state index in [4.69, 9.17) is 9.84 Å². The molecule has 1 aromatic carbocycles. The molecule has 92 valence electrons. The number of carbonyl (C=O) groups is 2. The average Bonchev–Trinajstić information content (AvgIpc) is 2.36. The molecule has 1 rings (SSSR count). The number of halogens is 2. The molecule has 6 heteroatoms. The van der Waals surface area contributed by atoms with E-state index in [-0.39, 0.29) is 5.78 Å². The predicted molar refractivity (Wildman–Crippen MR) is 70.4 cm³/mol. The summed E-state index contributed by atoms with van der Waals surface area (Å²) in [7, 11) is 1.53. The molecule has 0 aromatic heterocycles. The molecule has 0 amide bonds. The number of methoxy groups -OCH3 is 1. The van der Waals surface area contributed by atoms with Gasteiger partial charge in [-0.3, -0.25) is 9.59 Å². The molecule has 2 atom stereocenters. The van der Waals surface area contributed by atoms with Crippen molar-refractivity contribution in [3.63, 3.8) is 0 Å². The molecule has 0 aliphatic rings. The molecular formula is C11H10Br2O4. The summed E-state index contributed by atoms with van der Waals surface area (Å²) in [6.07, 6.45) is 0. The van der Waals surface area contributed by atoms with Crippen LogP contribution in [0.25, 0.3) is 0 Å². The van der Waals surface area contributed by atoms with Crippen molar-refractivity contribution in [2.75, 3.05) is 7.11 Å². The van der Waals surface area contributed by atoms with Crippen LogP contribution in [0.15, 0.2) is 24.3 Å². The number of benzene rings is 1. The molecule has 0 aliphatic carbocycles. The fourth-order valence-corrected chi connectivity index (χ4v) is 1.90. The van der Waals surface area contributed by atoms with Crippen LogP contribution in [0.3, 0.4) is 0 Å². The molecule has 0 unspecified atom stereocenters. The van der Waals surface area contributed by atoms with Crippen molar-refractivity contribution in [3.05, 3.63) is 29.8 Å². The smallest absolute Gasteiger partial charge is 0.318 e. The minimum Gasteiger partial charge on any atom is -0.497 e. The molecule has 0 saturated heterocycles. The highest BCUT2D eigenvalue weighted by Crippen LogP contribution is 2.21. The van der Waals surface area contributed by atoms with Gasteiger partial charge in [0.1, 0.15) is 15.4 Å². The molecule has 0 radical (unpaired) electrons. The highest BCUT2D eigenvalue weighted by Gasteiger charge is 2.29. The van der Waals surface area contributed by atoms with E-state index in [1.807, 2.05) is 0 Å². The number of aliphatic carboxylic acids is 1. The SMILES string of the molecule is COc1ccc(C(=O)[C@@H](Br)[C@H](Br)C(=O)O)cc1. The molecule has 1 N–H and O–H groups in total. The molecule has 0 bridgehead atoms. The van der Waals surface area contributed by atoms with Crippen molar-refractivity contribution in [1.82, 2.24) is 0 Å². The summed E-state index contributed by atoms with van der Waals surface area (Å²) in [4.78, 5) is 20.9. The maximum Gasteiger partial charge on any atom is 0.318 e. The van der Waals surface area contributed by atoms with Gasteiger partial charge in [-0.2, -0.15) is 0 Å². The van der Waals surface area contributed by atoms with Gasteiger partial charge in [-0.05, 0) is 24.3 Å². The minimum absolute atomic E-state index is 0.295. The number of Topliss-reactive ketones (excluding diaryl/α,β-unsaturated/α-hetero) is 1. The Morgan fingerprint density at radius 2 is 1.71 bits per heavy atom. The molecule has 0 heterocycles. The zero-order valence-electron chi connectivity index (χ0n) is 8.89. The van der Waals surface area contributed by atoms with Crippen LogP contribution < -0.4 is 4.74 Å². The van der Waals surface area contributed by atoms with E-state index in [1.54, 1.807) is 24.3 Å². The summed E-state index contributed by atoms with van der Waals surface area (Å²) in [5.74, 6) is -0.744. The van der Waals surface area contributed by atoms with Gasteiger partial charge in [0, 0.05) is 5.56 Å². The number of rotatable bonds is 5. The Hall–Kier alpha value is -0.880. The van der Waals surface area contributed by atoms with E-state index in [1.165, 1.54) is 7.11 Å². The maximum atomic E-state index is 11.9. The largest absolute Gasteiger partial charge is 0.497 e. The van der Waals surface area contributed by atoms with E-state index < -0.39 is 15.6 Å². The first-order valence-electron chi connectivity index (χ1n) is 4.66. The fraction of sp³-hybridized carbons (Fsp3) is 0.273. The summed E-state index contributed by atoms with van der Waals surface area (Å²) >= 11 is 6.01. The van der Waals surface area contributed by atoms with Crippen LogP contribution in [-0.2, 0) is 4.79 Å². The van der Waals surface area contributed by atoms with E-state index in [2.05, 4.69) is 31.9 Å². The van der Waals surface area contributed by atoms with Gasteiger partial charge in [0.15, 0.2) is 5.78 Å². The third-order valence-electron chi connectivity index (χ3n) is 2.12. The van der Waals surface area contributed by atoms with Crippen LogP contribution in [0, 0.1) is 0 Å². The van der Waals surface area contributed by atoms with Gasteiger partial charge < -0.3 is 9.84 Å². The average molecular weight is 366 g/mol. The summed E-state index contributed by atoms with van der Waals surface area (Å²) in [5.41, 5.74) is 0.429. The first-order valence-corrected chi connectivity index (χ1v) is 6.49. The Morgan fingerprint density at radius 3 is 2.12 bits per heavy atom. The van der Waals surface area contributed by atoms with Gasteiger partial charge in [0.05, 0.1) is 7.11 Å². The summed E-state index contributed by atoms with van der Waals surface area (Å²) in [6.45, 7) is 0. The number of carbonyl (C=O) groups excluding carboxylic acids is 1. The highest BCUT2D eigenvalue weighted by molar-refractivity contribution is 9.12. The summed E-state index contributed by atoms with van der Waals surface area (Å²) in [6, 6.07) is 6.49. The topological polar surface area (TPSA) is 63.6 Å². The zero-order chi connectivity index (χ0) is 13.0. The molecule has 4 nitrogen and oxygen atoms in total. The number of carboxylic acid groups (broad SMARTS) is 1. The molecular weight excluding hydrogens is 356 g/mol. The highest BCUT2D eigenvalue weighted by atomic mass is 79.9. The molecule has 0 saturated carbocycles. The molecule has 17 heavy (non-hydrogen) atoms. The Labute approximate surface area is 115 Å². The zero-order valence-corrected chi connectivity index (χ0v) is 12.1. The summed E-state index contributed by atoms with van der Waals surface area (Å²) in [5, 5.41) is 8.78. The van der Waals surface area contributed by atoms with E-state index in [9.17, 15) is 9.59 Å². The lowest BCUT2D eigenvalue weighted by Gasteiger charge is -2.11. The van der Waals surface area contributed by atoms with Crippen molar-refractivity contribution in [1.29, 1.82) is 0 Å². The second kappa shape index (κ2) is 6.16. The van der Waals surface area contributed by atoms with Crippen LogP contribution in [-0.4, -0.2) is 33.6 Å². The van der Waals surface area contributed by atoms with Gasteiger partial charge >= 0.3 is 5.97 Å². The first-order chi connectivity index (χ1) is 7.97. The number of hydrogen-bond donors (Lipinski definition) is 1. The number of ketones is 1. The van der Waals surface area contributed by atoms with Crippen molar-refractivity contribution in [2.45, 2.75) is 9.65 Å². The van der Waals surface area contributed by atoms with Gasteiger partial charge in [0.2, 0.25) is 0 Å². The van der Waals surface area contributed by atoms with Crippen LogP contribution in [0.2, 0.25) is 0 Å². The molecule has 1 aromatic rings. The lowest BCUT2D eigenvalue weighted by atomic mass is 10.1. The van der Waals surface area contributed by atoms with Crippen molar-refractivity contribution >= 4 is 43.6 Å². The van der Waals surface area contributed by atoms with Crippen LogP contribution in [0.1, 0.15) is 10.4 Å². The van der Waals surface area contributed by atoms with Crippen LogP contribution in [0.5, 0.6) is 5.75 Å². The molecule has 0 fully saturated rings. The number of ether oxygens (including phenoxy) is 1. The second-order valence-corrected chi connectivity index (χ2v) is 5.21. The Kier molecular flexibility index (Phi) is 5.14. The van der Waals surface area contributed by atoms with Gasteiger partial charge in [-0.25, -0.2) is 0 Å². The van der Waals surface area contributed by atoms with E-state index in [0.29, 0.717) is 11.3 Å². The number of alkyl halides is 2. The third kappa shape index (κ3) is 3.54. The Morgan fingerprint density at radius 1 is 1.18 bits per heavy atom. The Balaban J connectivity index is 2.85. The summed E-state index contributed by atoms with van der Waals surface area (Å²) < 4.78 is 4.97. The lowest BCUT2D eigenvalue weighted by Crippen LogP contribution is -2.30. The third-order valence-corrected chi connectivity index (χ3v) is 4.69. The van der Waals surface area contributed by atoms with Gasteiger partial charge in [-0.1, -0.05) is 31.9 Å². The van der Waals surface area contributed by atoms with Crippen molar-refractivity contribution < 1.29 is 19.4 Å². The van der Waals surface area contributed by atoms with Crippen molar-refractivity contribution in [3.8, 4) is 5.75 Å². The van der Waals surface area contributed by atoms with E-state index in [0.717, 1.165) is 0 Å². The first kappa shape index (κ1) is 14.2. The predicted octanol–water partition coefficient (Wildman–Crippen LogP) is 2.49. The van der Waals surface area contributed by atoms with Crippen LogP contribution in [0.4, 0.5) is 0 Å². The van der Waals surface area contributed by atoms with Gasteiger partial charge in [-0.15, -0.1) is 0 Å².